The van der Waals surface area contributed by atoms with E-state index in [4.69, 9.17) is 4.74 Å². The monoisotopic (exact) mass is 378 g/mol. The largest absolute Gasteiger partial charge is 0.467 e. The number of para-hydroxylation sites is 1. The van der Waals surface area contributed by atoms with Crippen LogP contribution in [0.5, 0.6) is 5.19 Å². The van der Waals surface area contributed by atoms with E-state index in [1.807, 2.05) is 47.4 Å². The van der Waals surface area contributed by atoms with E-state index in [0.29, 0.717) is 13.1 Å². The Bertz CT molecular complexity index is 957. The number of piperidine rings is 1. The Kier molecular flexibility index (Phi) is 5.21. The van der Waals surface area contributed by atoms with Gasteiger partial charge in [0.15, 0.2) is 0 Å². The Morgan fingerprint density at radius 2 is 1.93 bits per heavy atom. The average molecular weight is 378 g/mol. The molecule has 0 unspecified atom stereocenters. The van der Waals surface area contributed by atoms with E-state index < -0.39 is 0 Å². The number of nitrogens with zero attached hydrogens (tertiary/aromatic N) is 2. The summed E-state index contributed by atoms with van der Waals surface area (Å²) in [5, 5.41) is 0.730. The van der Waals surface area contributed by atoms with Crippen LogP contribution in [0.1, 0.15) is 24.0 Å². The van der Waals surface area contributed by atoms with E-state index in [-0.39, 0.29) is 12.0 Å². The molecule has 1 amide bonds. The highest BCUT2D eigenvalue weighted by Crippen LogP contribution is 2.31. The highest BCUT2D eigenvalue weighted by atomic mass is 32.1. The molecule has 0 bridgehead atoms. The van der Waals surface area contributed by atoms with Gasteiger partial charge in [0.05, 0.1) is 10.2 Å². The van der Waals surface area contributed by atoms with Gasteiger partial charge in [-0.1, -0.05) is 53.8 Å². The zero-order chi connectivity index (χ0) is 18.6. The van der Waals surface area contributed by atoms with Gasteiger partial charge in [-0.15, -0.1) is 0 Å². The van der Waals surface area contributed by atoms with Crippen molar-refractivity contribution in [3.63, 3.8) is 0 Å². The van der Waals surface area contributed by atoms with Crippen LogP contribution < -0.4 is 4.74 Å². The van der Waals surface area contributed by atoms with Crippen LogP contribution >= 0.6 is 11.3 Å². The number of carbonyl (C=O) groups is 1. The first-order valence-corrected chi connectivity index (χ1v) is 10.1. The van der Waals surface area contributed by atoms with E-state index in [9.17, 15) is 4.79 Å². The fourth-order valence-electron chi connectivity index (χ4n) is 3.29. The fourth-order valence-corrected chi connectivity index (χ4v) is 4.25. The molecule has 4 rings (SSSR count). The van der Waals surface area contributed by atoms with Gasteiger partial charge in [0.2, 0.25) is 5.91 Å². The van der Waals surface area contributed by atoms with Crippen molar-refractivity contribution in [2.75, 3.05) is 13.1 Å². The number of hydrogen-bond acceptors (Lipinski definition) is 4. The zero-order valence-corrected chi connectivity index (χ0v) is 16.1. The number of aryl methyl sites for hydroxylation is 1. The molecule has 1 fully saturated rings. The van der Waals surface area contributed by atoms with Crippen LogP contribution in [-0.2, 0) is 4.79 Å². The Morgan fingerprint density at radius 1 is 1.15 bits per heavy atom. The van der Waals surface area contributed by atoms with Crippen molar-refractivity contribution < 1.29 is 9.53 Å². The van der Waals surface area contributed by atoms with Gasteiger partial charge in [-0.2, -0.15) is 0 Å². The Morgan fingerprint density at radius 3 is 2.67 bits per heavy atom. The van der Waals surface area contributed by atoms with Crippen molar-refractivity contribution in [1.29, 1.82) is 0 Å². The van der Waals surface area contributed by atoms with Crippen LogP contribution in [0.15, 0.2) is 54.6 Å². The Hall–Kier alpha value is -2.66. The van der Waals surface area contributed by atoms with Crippen molar-refractivity contribution >= 4 is 33.5 Å². The minimum absolute atomic E-state index is 0.0629. The summed E-state index contributed by atoms with van der Waals surface area (Å²) in [5.74, 6) is 0.0629. The molecule has 1 aliphatic rings. The summed E-state index contributed by atoms with van der Waals surface area (Å²) in [4.78, 5) is 18.9. The van der Waals surface area contributed by atoms with Crippen molar-refractivity contribution in [3.05, 3.63) is 65.7 Å². The third-order valence-corrected chi connectivity index (χ3v) is 5.75. The second-order valence-electron chi connectivity index (χ2n) is 6.79. The van der Waals surface area contributed by atoms with E-state index in [1.54, 1.807) is 17.4 Å². The van der Waals surface area contributed by atoms with Gasteiger partial charge in [-0.25, -0.2) is 4.98 Å². The molecule has 0 spiro atoms. The maximum Gasteiger partial charge on any atom is 0.274 e. The molecular weight excluding hydrogens is 356 g/mol. The van der Waals surface area contributed by atoms with Gasteiger partial charge < -0.3 is 9.64 Å². The molecule has 2 heterocycles. The number of benzene rings is 2. The second kappa shape index (κ2) is 7.92. The van der Waals surface area contributed by atoms with Crippen LogP contribution in [0.4, 0.5) is 0 Å². The summed E-state index contributed by atoms with van der Waals surface area (Å²) >= 11 is 1.59. The number of thiazole rings is 1. The highest BCUT2D eigenvalue weighted by molar-refractivity contribution is 7.20. The first kappa shape index (κ1) is 17.7. The van der Waals surface area contributed by atoms with Gasteiger partial charge in [-0.05, 0) is 30.2 Å². The van der Waals surface area contributed by atoms with Crippen LogP contribution in [0.25, 0.3) is 16.3 Å². The third-order valence-electron chi connectivity index (χ3n) is 4.84. The lowest BCUT2D eigenvalue weighted by atomic mass is 10.1. The Labute approximate surface area is 163 Å². The van der Waals surface area contributed by atoms with E-state index in [2.05, 4.69) is 24.0 Å². The first-order chi connectivity index (χ1) is 13.2. The number of rotatable bonds is 4. The zero-order valence-electron chi connectivity index (χ0n) is 15.3. The quantitative estimate of drug-likeness (QED) is 0.619. The molecule has 0 saturated carbocycles. The topological polar surface area (TPSA) is 42.4 Å². The number of likely N-dealkylation sites (tertiary alicyclic amines) is 1. The lowest BCUT2D eigenvalue weighted by Gasteiger charge is -2.30. The van der Waals surface area contributed by atoms with Crippen molar-refractivity contribution in [2.45, 2.75) is 25.9 Å². The third kappa shape index (κ3) is 4.19. The molecule has 3 aromatic rings. The second-order valence-corrected chi connectivity index (χ2v) is 7.78. The summed E-state index contributed by atoms with van der Waals surface area (Å²) in [5.41, 5.74) is 3.23. The predicted molar refractivity (Wildman–Crippen MR) is 110 cm³/mol. The summed E-state index contributed by atoms with van der Waals surface area (Å²) in [6, 6.07) is 16.1. The van der Waals surface area contributed by atoms with Gasteiger partial charge in [0.25, 0.3) is 5.19 Å². The number of amides is 1. The summed E-state index contributed by atoms with van der Waals surface area (Å²) in [6.45, 7) is 3.50. The maximum absolute atomic E-state index is 12.4. The number of carbonyl (C=O) groups excluding carboxylic acids is 1. The van der Waals surface area contributed by atoms with Crippen LogP contribution in [-0.4, -0.2) is 35.0 Å². The number of ether oxygens (including phenoxy) is 1. The lowest BCUT2D eigenvalue weighted by molar-refractivity contribution is -0.127. The summed E-state index contributed by atoms with van der Waals surface area (Å²) in [6.07, 6.45) is 5.31. The SMILES string of the molecule is Cc1cccc2sc(OC3CCN(C(=O)/C=C/c4ccccc4)CC3)nc12. The maximum atomic E-state index is 12.4. The van der Waals surface area contributed by atoms with E-state index >= 15 is 0 Å². The van der Waals surface area contributed by atoms with E-state index in [0.717, 1.165) is 33.8 Å². The van der Waals surface area contributed by atoms with E-state index in [1.165, 1.54) is 5.56 Å². The van der Waals surface area contributed by atoms with Crippen LogP contribution in [0, 0.1) is 6.92 Å². The number of fused-ring (bicyclic) bond motifs is 1. The average Bonchev–Trinajstić information content (AvgIpc) is 3.11. The van der Waals surface area contributed by atoms with Crippen LogP contribution in [0.2, 0.25) is 0 Å². The molecular formula is C22H22N2O2S. The first-order valence-electron chi connectivity index (χ1n) is 9.24. The fraction of sp³-hybridized carbons (Fsp3) is 0.273. The van der Waals surface area contributed by atoms with Crippen molar-refractivity contribution in [1.82, 2.24) is 9.88 Å². The molecule has 1 aromatic heterocycles. The summed E-state index contributed by atoms with van der Waals surface area (Å²) < 4.78 is 7.26. The molecule has 2 aromatic carbocycles. The smallest absolute Gasteiger partial charge is 0.274 e. The van der Waals surface area contributed by atoms with Gasteiger partial charge in [0.1, 0.15) is 6.10 Å². The van der Waals surface area contributed by atoms with Crippen molar-refractivity contribution in [2.24, 2.45) is 0 Å². The highest BCUT2D eigenvalue weighted by Gasteiger charge is 2.23. The Balaban J connectivity index is 1.32. The normalized spacial score (nSPS) is 15.5. The standard InChI is InChI=1S/C22H22N2O2S/c1-16-6-5-9-19-21(16)23-22(27-19)26-18-12-14-24(15-13-18)20(25)11-10-17-7-3-2-4-8-17/h2-11,18H,12-15H2,1H3/b11-10+. The molecule has 1 aliphatic heterocycles. The molecule has 5 heteroatoms. The lowest BCUT2D eigenvalue weighted by Crippen LogP contribution is -2.41. The van der Waals surface area contributed by atoms with Crippen molar-refractivity contribution in [3.8, 4) is 5.19 Å². The minimum Gasteiger partial charge on any atom is -0.467 e. The molecule has 0 radical (unpaired) electrons. The molecule has 0 N–H and O–H groups in total. The molecule has 0 aliphatic carbocycles. The number of hydrogen-bond donors (Lipinski definition) is 0. The minimum atomic E-state index is 0.0629. The van der Waals surface area contributed by atoms with Gasteiger partial charge in [-0.3, -0.25) is 4.79 Å². The molecule has 27 heavy (non-hydrogen) atoms. The van der Waals surface area contributed by atoms with Gasteiger partial charge >= 0.3 is 0 Å². The summed E-state index contributed by atoms with van der Waals surface area (Å²) in [7, 11) is 0. The van der Waals surface area contributed by atoms with Gasteiger partial charge in [0, 0.05) is 32.0 Å². The molecule has 138 valence electrons. The van der Waals surface area contributed by atoms with Crippen LogP contribution in [0.3, 0.4) is 0 Å². The molecule has 1 saturated heterocycles. The predicted octanol–water partition coefficient (Wildman–Crippen LogP) is 4.69. The molecule has 4 nitrogen and oxygen atoms in total. The molecule has 0 atom stereocenters. The number of aromatic nitrogens is 1.